The van der Waals surface area contributed by atoms with E-state index in [0.29, 0.717) is 10.2 Å². The number of thioether (sulfide) groups is 1. The van der Waals surface area contributed by atoms with Crippen LogP contribution in [0.15, 0.2) is 18.2 Å². The van der Waals surface area contributed by atoms with Crippen LogP contribution in [0.1, 0.15) is 19.8 Å². The molecule has 1 N–H and O–H groups in total. The van der Waals surface area contributed by atoms with E-state index in [-0.39, 0.29) is 5.75 Å². The van der Waals surface area contributed by atoms with Crippen LogP contribution in [0, 0.1) is 17.6 Å². The second kappa shape index (κ2) is 9.82. The molecule has 0 aromatic heterocycles. The molecule has 1 amide bonds. The zero-order valence-corrected chi connectivity index (χ0v) is 15.9. The number of benzene rings is 1. The van der Waals surface area contributed by atoms with Crippen LogP contribution in [0.5, 0.6) is 0 Å². The Morgan fingerprint density at radius 1 is 1.31 bits per heavy atom. The molecule has 2 rings (SSSR count). The van der Waals surface area contributed by atoms with E-state index >= 15 is 0 Å². The van der Waals surface area contributed by atoms with Gasteiger partial charge in [0.1, 0.15) is 21.6 Å². The van der Waals surface area contributed by atoms with E-state index in [1.165, 1.54) is 17.8 Å². The number of likely N-dealkylation sites (tertiary alicyclic amines) is 1. The molecule has 0 aliphatic carbocycles. The third-order valence-corrected chi connectivity index (χ3v) is 5.44. The van der Waals surface area contributed by atoms with Crippen LogP contribution < -0.4 is 5.32 Å². The number of hydrogen-bond donors (Lipinski definition) is 1. The molecule has 1 saturated heterocycles. The van der Waals surface area contributed by atoms with Crippen molar-refractivity contribution in [2.45, 2.75) is 19.8 Å². The Hall–Kier alpha value is -1.74. The van der Waals surface area contributed by atoms with E-state index in [0.717, 1.165) is 38.1 Å². The number of nitrogens with zero attached hydrogens (tertiary/aromatic N) is 1. The zero-order chi connectivity index (χ0) is 19.1. The Morgan fingerprint density at radius 3 is 2.54 bits per heavy atom. The molecule has 0 bridgehead atoms. The first-order valence-corrected chi connectivity index (χ1v) is 9.57. The van der Waals surface area contributed by atoms with Crippen molar-refractivity contribution in [1.82, 2.24) is 4.90 Å². The van der Waals surface area contributed by atoms with Crippen LogP contribution in [0.25, 0.3) is 0 Å². The highest BCUT2D eigenvalue weighted by molar-refractivity contribution is 8.23. The summed E-state index contributed by atoms with van der Waals surface area (Å²) in [5, 5.41) is 2.05. The lowest BCUT2D eigenvalue weighted by molar-refractivity contribution is -0.144. The van der Waals surface area contributed by atoms with Gasteiger partial charge in [0.15, 0.2) is 6.61 Å². The van der Waals surface area contributed by atoms with E-state index in [2.05, 4.69) is 11.8 Å². The molecular formula is C17H20F2N2O3S2. The second-order valence-corrected chi connectivity index (χ2v) is 7.64. The van der Waals surface area contributed by atoms with Gasteiger partial charge in [-0.2, -0.15) is 0 Å². The number of amides is 1. The topological polar surface area (TPSA) is 58.6 Å². The molecule has 9 heteroatoms. The number of ether oxygens (including phenoxy) is 1. The molecule has 0 radical (unpaired) electrons. The van der Waals surface area contributed by atoms with E-state index in [4.69, 9.17) is 17.0 Å². The number of esters is 1. The van der Waals surface area contributed by atoms with Gasteiger partial charge >= 0.3 is 5.97 Å². The van der Waals surface area contributed by atoms with Gasteiger partial charge in [-0.05, 0) is 30.9 Å². The number of anilines is 1. The Morgan fingerprint density at radius 2 is 1.92 bits per heavy atom. The summed E-state index contributed by atoms with van der Waals surface area (Å²) in [5.74, 6) is -2.58. The highest BCUT2D eigenvalue weighted by Crippen LogP contribution is 2.20. The average molecular weight is 402 g/mol. The van der Waals surface area contributed by atoms with Gasteiger partial charge in [-0.15, -0.1) is 0 Å². The van der Waals surface area contributed by atoms with Gasteiger partial charge in [-0.25, -0.2) is 8.78 Å². The average Bonchev–Trinajstić information content (AvgIpc) is 2.61. The Bertz CT molecular complexity index is 660. The number of piperidine rings is 1. The van der Waals surface area contributed by atoms with Crippen molar-refractivity contribution >= 4 is 45.9 Å². The first kappa shape index (κ1) is 20.6. The van der Waals surface area contributed by atoms with E-state index in [9.17, 15) is 18.4 Å². The van der Waals surface area contributed by atoms with E-state index in [1.54, 1.807) is 0 Å². The van der Waals surface area contributed by atoms with Crippen molar-refractivity contribution in [3.8, 4) is 0 Å². The number of rotatable bonds is 5. The predicted octanol–water partition coefficient (Wildman–Crippen LogP) is 3.20. The van der Waals surface area contributed by atoms with Crippen molar-refractivity contribution < 1.29 is 23.1 Å². The van der Waals surface area contributed by atoms with Gasteiger partial charge in [0.25, 0.3) is 5.91 Å². The van der Waals surface area contributed by atoms with Gasteiger partial charge in [0.2, 0.25) is 0 Å². The van der Waals surface area contributed by atoms with Gasteiger partial charge in [0.05, 0.1) is 5.75 Å². The Balaban J connectivity index is 1.69. The molecule has 1 aromatic carbocycles. The van der Waals surface area contributed by atoms with Crippen LogP contribution >= 0.6 is 24.0 Å². The van der Waals surface area contributed by atoms with Gasteiger partial charge < -0.3 is 15.0 Å². The molecular weight excluding hydrogens is 382 g/mol. The van der Waals surface area contributed by atoms with Crippen LogP contribution in [-0.4, -0.2) is 46.5 Å². The minimum atomic E-state index is -0.901. The fourth-order valence-electron chi connectivity index (χ4n) is 2.38. The third kappa shape index (κ3) is 6.21. The normalized spacial score (nSPS) is 14.8. The smallest absolute Gasteiger partial charge is 0.316 e. The highest BCUT2D eigenvalue weighted by Gasteiger charge is 2.19. The lowest BCUT2D eigenvalue weighted by Crippen LogP contribution is -2.36. The molecule has 1 fully saturated rings. The third-order valence-electron chi connectivity index (χ3n) is 3.95. The van der Waals surface area contributed by atoms with Gasteiger partial charge in [0, 0.05) is 13.1 Å². The summed E-state index contributed by atoms with van der Waals surface area (Å²) in [5.41, 5.74) is -0.566. The van der Waals surface area contributed by atoms with Crippen molar-refractivity contribution in [1.29, 1.82) is 0 Å². The molecule has 1 aromatic rings. The van der Waals surface area contributed by atoms with E-state index < -0.39 is 35.8 Å². The molecule has 1 aliphatic rings. The fourth-order valence-corrected chi connectivity index (χ4v) is 3.43. The van der Waals surface area contributed by atoms with Crippen molar-refractivity contribution in [2.24, 2.45) is 5.92 Å². The molecule has 1 aliphatic heterocycles. The van der Waals surface area contributed by atoms with Crippen LogP contribution in [-0.2, 0) is 14.3 Å². The summed E-state index contributed by atoms with van der Waals surface area (Å²) < 4.78 is 32.3. The summed E-state index contributed by atoms with van der Waals surface area (Å²) in [6.45, 7) is 3.32. The maximum Gasteiger partial charge on any atom is 0.316 e. The maximum absolute atomic E-state index is 13.4. The highest BCUT2D eigenvalue weighted by atomic mass is 32.2. The molecule has 1 heterocycles. The number of thiocarbonyl (C=S) groups is 1. The summed E-state index contributed by atoms with van der Waals surface area (Å²) >= 11 is 6.48. The SMILES string of the molecule is CC1CCN(C(=S)SCC(=O)OCC(=O)Nc2c(F)cccc2F)CC1. The largest absolute Gasteiger partial charge is 0.455 e. The lowest BCUT2D eigenvalue weighted by Gasteiger charge is -2.31. The minimum absolute atomic E-state index is 0.0216. The molecule has 26 heavy (non-hydrogen) atoms. The quantitative estimate of drug-likeness (QED) is 0.603. The summed E-state index contributed by atoms with van der Waals surface area (Å²) in [6.07, 6.45) is 2.13. The van der Waals surface area contributed by atoms with Crippen molar-refractivity contribution in [2.75, 3.05) is 30.8 Å². The van der Waals surface area contributed by atoms with Crippen LogP contribution in [0.2, 0.25) is 0 Å². The maximum atomic E-state index is 13.4. The summed E-state index contributed by atoms with van der Waals surface area (Å²) in [4.78, 5) is 25.5. The molecule has 0 spiro atoms. The number of carbonyl (C=O) groups is 2. The Labute approximate surface area is 160 Å². The standard InChI is InChI=1S/C17H20F2N2O3S2/c1-11-5-7-21(8-6-11)17(25)26-10-15(23)24-9-14(22)20-16-12(18)3-2-4-13(16)19/h2-4,11H,5-10H2,1H3,(H,20,22). The molecule has 0 saturated carbocycles. The van der Waals surface area contributed by atoms with Gasteiger partial charge in [-0.3, -0.25) is 9.59 Å². The molecule has 0 atom stereocenters. The molecule has 142 valence electrons. The lowest BCUT2D eigenvalue weighted by atomic mass is 10.00. The number of hydrogen-bond acceptors (Lipinski definition) is 5. The van der Waals surface area contributed by atoms with Gasteiger partial charge in [-0.1, -0.05) is 37.0 Å². The first-order chi connectivity index (χ1) is 12.4. The molecule has 5 nitrogen and oxygen atoms in total. The zero-order valence-electron chi connectivity index (χ0n) is 14.3. The number of carbonyl (C=O) groups excluding carboxylic acids is 2. The first-order valence-electron chi connectivity index (χ1n) is 8.18. The number of halogens is 2. The second-order valence-electron chi connectivity index (χ2n) is 6.03. The number of para-hydroxylation sites is 1. The van der Waals surface area contributed by atoms with Crippen molar-refractivity contribution in [3.63, 3.8) is 0 Å². The van der Waals surface area contributed by atoms with Crippen molar-refractivity contribution in [3.05, 3.63) is 29.8 Å². The fraction of sp³-hybridized carbons (Fsp3) is 0.471. The monoisotopic (exact) mass is 402 g/mol. The van der Waals surface area contributed by atoms with E-state index in [1.807, 2.05) is 5.32 Å². The minimum Gasteiger partial charge on any atom is -0.455 e. The number of nitrogens with one attached hydrogen (secondary N) is 1. The summed E-state index contributed by atoms with van der Waals surface area (Å²) in [7, 11) is 0. The van der Waals surface area contributed by atoms with Crippen LogP contribution in [0.3, 0.4) is 0 Å². The summed E-state index contributed by atoms with van der Waals surface area (Å²) in [6, 6.07) is 3.22. The Kier molecular flexibility index (Phi) is 7.77. The van der Waals surface area contributed by atoms with Crippen LogP contribution in [0.4, 0.5) is 14.5 Å². The predicted molar refractivity (Wildman–Crippen MR) is 101 cm³/mol. The molecule has 0 unspecified atom stereocenters.